The van der Waals surface area contributed by atoms with E-state index in [2.05, 4.69) is 0 Å². The Morgan fingerprint density at radius 1 is 1.09 bits per heavy atom. The van der Waals surface area contributed by atoms with Gasteiger partial charge in [-0.2, -0.15) is 22.0 Å². The third-order valence-electron chi connectivity index (χ3n) is 1.32. The van der Waals surface area contributed by atoms with Crippen molar-refractivity contribution < 1.29 is 26.3 Å². The Morgan fingerprint density at radius 3 is 1.55 bits per heavy atom. The smallest absolute Gasteiger partial charge is 0.222 e. The molecule has 63 valence electrons. The highest BCUT2D eigenvalue weighted by molar-refractivity contribution is 5.25. The van der Waals surface area contributed by atoms with Gasteiger partial charge in [-0.05, 0) is 6.08 Å². The first-order valence-electron chi connectivity index (χ1n) is 2.46. The van der Waals surface area contributed by atoms with E-state index in [-0.39, 0.29) is 6.08 Å². The molecule has 1 radical (unpaired) electrons. The van der Waals surface area contributed by atoms with Gasteiger partial charge in [-0.3, -0.25) is 0 Å². The zero-order chi connectivity index (χ0) is 8.91. The van der Waals surface area contributed by atoms with E-state index in [1.165, 1.54) is 0 Å². The third kappa shape index (κ3) is 0.844. The van der Waals surface area contributed by atoms with E-state index in [1.807, 2.05) is 0 Å². The fourth-order valence-electron chi connectivity index (χ4n) is 0.568. The second-order valence-corrected chi connectivity index (χ2v) is 2.07. The first kappa shape index (κ1) is 8.42. The number of allylic oxidation sites excluding steroid dienone is 2. The van der Waals surface area contributed by atoms with Crippen LogP contribution in [0.4, 0.5) is 26.3 Å². The zero-order valence-electron chi connectivity index (χ0n) is 4.85. The Balaban J connectivity index is 2.98. The van der Waals surface area contributed by atoms with Gasteiger partial charge in [0.15, 0.2) is 0 Å². The molecule has 1 atom stereocenters. The van der Waals surface area contributed by atoms with E-state index in [9.17, 15) is 26.3 Å². The van der Waals surface area contributed by atoms with Crippen LogP contribution in [0.3, 0.4) is 0 Å². The minimum atomic E-state index is -5.57. The van der Waals surface area contributed by atoms with Crippen molar-refractivity contribution in [2.45, 2.75) is 17.8 Å². The highest BCUT2D eigenvalue weighted by Gasteiger charge is 2.73. The van der Waals surface area contributed by atoms with Crippen LogP contribution in [0.25, 0.3) is 0 Å². The maximum absolute atomic E-state index is 12.2. The van der Waals surface area contributed by atoms with Crippen molar-refractivity contribution >= 4 is 0 Å². The minimum Gasteiger partial charge on any atom is -0.222 e. The van der Waals surface area contributed by atoms with Crippen molar-refractivity contribution in [1.82, 2.24) is 0 Å². The van der Waals surface area contributed by atoms with E-state index in [0.717, 1.165) is 6.08 Å². The summed E-state index contributed by atoms with van der Waals surface area (Å²) in [5.41, 5.74) is -4.51. The lowest BCUT2D eigenvalue weighted by Crippen LogP contribution is -2.58. The number of alkyl halides is 6. The number of hydrogen-bond donors (Lipinski definition) is 0. The fraction of sp³-hybridized carbons (Fsp3) is 0.600. The van der Waals surface area contributed by atoms with E-state index in [1.54, 1.807) is 0 Å². The molecular formula is C5HF6. The predicted octanol–water partition coefficient (Wildman–Crippen LogP) is 2.27. The van der Waals surface area contributed by atoms with E-state index < -0.39 is 17.8 Å². The Labute approximate surface area is 57.5 Å². The molecule has 0 aromatic rings. The summed E-state index contributed by atoms with van der Waals surface area (Å²) < 4.78 is 70.3. The van der Waals surface area contributed by atoms with Crippen molar-refractivity contribution in [3.63, 3.8) is 0 Å². The summed E-state index contributed by atoms with van der Waals surface area (Å²) in [4.78, 5) is 0. The van der Waals surface area contributed by atoms with Crippen LogP contribution in [-0.2, 0) is 0 Å². The van der Waals surface area contributed by atoms with Crippen LogP contribution in [0.5, 0.6) is 0 Å². The fourth-order valence-corrected chi connectivity index (χ4v) is 0.568. The van der Waals surface area contributed by atoms with Gasteiger partial charge in [0.25, 0.3) is 5.67 Å². The molecule has 0 aromatic carbocycles. The number of rotatable bonds is 0. The molecule has 1 rings (SSSR count). The van der Waals surface area contributed by atoms with Crippen molar-refractivity contribution in [1.29, 1.82) is 0 Å². The van der Waals surface area contributed by atoms with Gasteiger partial charge in [-0.25, -0.2) is 4.39 Å². The van der Waals surface area contributed by atoms with Gasteiger partial charge in [0.2, 0.25) is 0 Å². The second-order valence-electron chi connectivity index (χ2n) is 2.07. The van der Waals surface area contributed by atoms with Crippen LogP contribution in [0.1, 0.15) is 0 Å². The zero-order valence-corrected chi connectivity index (χ0v) is 4.85. The van der Waals surface area contributed by atoms with Crippen LogP contribution >= 0.6 is 0 Å². The Bertz CT molecular complexity index is 202. The van der Waals surface area contributed by atoms with Gasteiger partial charge < -0.3 is 0 Å². The lowest BCUT2D eigenvalue weighted by Gasteiger charge is -2.36. The van der Waals surface area contributed by atoms with Crippen molar-refractivity contribution in [2.75, 3.05) is 0 Å². The van der Waals surface area contributed by atoms with E-state index in [0.29, 0.717) is 0 Å². The Hall–Kier alpha value is -0.680. The Morgan fingerprint density at radius 2 is 1.55 bits per heavy atom. The summed E-state index contributed by atoms with van der Waals surface area (Å²) in [6.07, 6.45) is -4.95. The highest BCUT2D eigenvalue weighted by Crippen LogP contribution is 2.52. The maximum atomic E-state index is 12.2. The van der Waals surface area contributed by atoms with Gasteiger partial charge in [-0.1, -0.05) is 0 Å². The van der Waals surface area contributed by atoms with Crippen LogP contribution in [0.2, 0.25) is 0 Å². The first-order valence-corrected chi connectivity index (χ1v) is 2.46. The first-order chi connectivity index (χ1) is 4.71. The molecule has 0 spiro atoms. The molecule has 0 bridgehead atoms. The average molecular weight is 175 g/mol. The molecule has 11 heavy (non-hydrogen) atoms. The summed E-state index contributed by atoms with van der Waals surface area (Å²) in [5.74, 6) is -4.54. The van der Waals surface area contributed by atoms with Crippen molar-refractivity contribution in [2.24, 2.45) is 0 Å². The van der Waals surface area contributed by atoms with Gasteiger partial charge in [0, 0.05) is 6.08 Å². The van der Waals surface area contributed by atoms with Crippen LogP contribution < -0.4 is 0 Å². The summed E-state index contributed by atoms with van der Waals surface area (Å²) in [5, 5.41) is 0. The van der Waals surface area contributed by atoms with E-state index >= 15 is 0 Å². The quantitative estimate of drug-likeness (QED) is 0.495. The largest absolute Gasteiger partial charge is 0.432 e. The highest BCUT2D eigenvalue weighted by atomic mass is 19.4. The predicted molar refractivity (Wildman–Crippen MR) is 22.7 cm³/mol. The van der Waals surface area contributed by atoms with Gasteiger partial charge in [0.1, 0.15) is 0 Å². The molecule has 0 saturated heterocycles. The average Bonchev–Trinajstić information content (AvgIpc) is 1.81. The maximum Gasteiger partial charge on any atom is 0.432 e. The molecule has 0 N–H and O–H groups in total. The molecule has 0 nitrogen and oxygen atoms in total. The summed E-state index contributed by atoms with van der Waals surface area (Å²) in [6, 6.07) is 0. The van der Waals surface area contributed by atoms with Crippen molar-refractivity contribution in [3.8, 4) is 0 Å². The summed E-state index contributed by atoms with van der Waals surface area (Å²) in [7, 11) is 0. The van der Waals surface area contributed by atoms with Gasteiger partial charge in [0.05, 0.1) is 0 Å². The lowest BCUT2D eigenvalue weighted by atomic mass is 9.86. The molecule has 1 aliphatic carbocycles. The molecule has 0 fully saturated rings. The molecule has 0 aliphatic heterocycles. The minimum absolute atomic E-state index is 0.312. The molecule has 0 aromatic heterocycles. The van der Waals surface area contributed by atoms with Crippen LogP contribution in [0, 0.1) is 6.08 Å². The topological polar surface area (TPSA) is 0 Å². The molecule has 0 heterocycles. The molecule has 0 saturated carbocycles. The summed E-state index contributed by atoms with van der Waals surface area (Å²) >= 11 is 0. The molecule has 1 aliphatic rings. The number of hydrogen-bond acceptors (Lipinski definition) is 0. The standard InChI is InChI=1S/C5HF6/c6-3(5(9,10)11)1-2-4(3,7)8/h1H. The molecule has 1 unspecified atom stereocenters. The monoisotopic (exact) mass is 175 g/mol. The number of halogens is 6. The Kier molecular flexibility index (Phi) is 1.32. The SMILES string of the molecule is FC(F)(F)C1(F)C=[C]C1(F)F. The second kappa shape index (κ2) is 1.73. The third-order valence-corrected chi connectivity index (χ3v) is 1.32. The van der Waals surface area contributed by atoms with Crippen LogP contribution in [0.15, 0.2) is 6.08 Å². The van der Waals surface area contributed by atoms with E-state index in [4.69, 9.17) is 0 Å². The molecule has 6 heteroatoms. The van der Waals surface area contributed by atoms with Crippen LogP contribution in [-0.4, -0.2) is 17.8 Å². The van der Waals surface area contributed by atoms with Gasteiger partial charge >= 0.3 is 12.1 Å². The molecular weight excluding hydrogens is 174 g/mol. The normalized spacial score (nSPS) is 35.1. The van der Waals surface area contributed by atoms with Crippen molar-refractivity contribution in [3.05, 3.63) is 12.2 Å². The molecule has 0 amide bonds. The lowest BCUT2D eigenvalue weighted by molar-refractivity contribution is -0.283. The summed E-state index contributed by atoms with van der Waals surface area (Å²) in [6.45, 7) is 0. The van der Waals surface area contributed by atoms with Gasteiger partial charge in [-0.15, -0.1) is 0 Å².